The van der Waals surface area contributed by atoms with E-state index in [1.807, 2.05) is 29.2 Å². The van der Waals surface area contributed by atoms with Crippen LogP contribution >= 0.6 is 11.6 Å². The molecule has 5 nitrogen and oxygen atoms in total. The number of fused-ring (bicyclic) bond motifs is 1. The molecule has 4 rings (SSSR count). The molecule has 0 radical (unpaired) electrons. The van der Waals surface area contributed by atoms with Crippen molar-refractivity contribution in [2.45, 2.75) is 18.6 Å². The quantitative estimate of drug-likeness (QED) is 0.879. The topological polar surface area (TPSA) is 54.6 Å². The zero-order chi connectivity index (χ0) is 15.2. The van der Waals surface area contributed by atoms with Crippen LogP contribution in [0.2, 0.25) is 5.02 Å². The molecule has 2 fully saturated rings. The van der Waals surface area contributed by atoms with E-state index in [-0.39, 0.29) is 5.91 Å². The van der Waals surface area contributed by atoms with Crippen LogP contribution in [0.3, 0.4) is 0 Å². The Morgan fingerprint density at radius 2 is 1.91 bits per heavy atom. The molecule has 22 heavy (non-hydrogen) atoms. The van der Waals surface area contributed by atoms with Crippen LogP contribution in [-0.2, 0) is 9.47 Å². The van der Waals surface area contributed by atoms with Crippen molar-refractivity contribution in [3.63, 3.8) is 0 Å². The van der Waals surface area contributed by atoms with Crippen molar-refractivity contribution < 1.29 is 14.3 Å². The van der Waals surface area contributed by atoms with Crippen LogP contribution in [-0.4, -0.2) is 47.9 Å². The number of hydrogen-bond acceptors (Lipinski definition) is 3. The second-order valence-corrected chi connectivity index (χ2v) is 6.25. The molecule has 0 atom stereocenters. The summed E-state index contributed by atoms with van der Waals surface area (Å²) in [5, 5.41) is 1.65. The molecule has 1 aromatic carbocycles. The maximum atomic E-state index is 12.6. The summed E-state index contributed by atoms with van der Waals surface area (Å²) in [6.45, 7) is 2.59. The highest BCUT2D eigenvalue weighted by Crippen LogP contribution is 2.32. The lowest BCUT2D eigenvalue weighted by atomic mass is 10.0. The highest BCUT2D eigenvalue weighted by Gasteiger charge is 2.41. The largest absolute Gasteiger partial charge is 0.350 e. The summed E-state index contributed by atoms with van der Waals surface area (Å²) in [4.78, 5) is 17.6. The minimum Gasteiger partial charge on any atom is -0.350 e. The van der Waals surface area contributed by atoms with E-state index in [2.05, 4.69) is 4.98 Å². The van der Waals surface area contributed by atoms with Crippen LogP contribution in [0.1, 0.15) is 23.3 Å². The molecule has 1 aromatic heterocycles. The number of nitrogens with one attached hydrogen (secondary N) is 1. The molecule has 3 heterocycles. The monoisotopic (exact) mass is 320 g/mol. The number of piperidine rings is 1. The first-order valence-electron chi connectivity index (χ1n) is 7.51. The van der Waals surface area contributed by atoms with Crippen molar-refractivity contribution in [3.8, 4) is 0 Å². The molecular weight excluding hydrogens is 304 g/mol. The van der Waals surface area contributed by atoms with E-state index in [4.69, 9.17) is 21.1 Å². The van der Waals surface area contributed by atoms with E-state index < -0.39 is 5.79 Å². The predicted octanol–water partition coefficient (Wildman–Crippen LogP) is 2.80. The van der Waals surface area contributed by atoms with E-state index >= 15 is 0 Å². The number of aromatic nitrogens is 1. The minimum absolute atomic E-state index is 0.0140. The Hall–Kier alpha value is -1.56. The number of likely N-dealkylation sites (tertiary alicyclic amines) is 1. The van der Waals surface area contributed by atoms with Gasteiger partial charge < -0.3 is 19.4 Å². The van der Waals surface area contributed by atoms with E-state index in [0.717, 1.165) is 23.7 Å². The number of carbonyl (C=O) groups excluding carboxylic acids is 1. The smallest absolute Gasteiger partial charge is 0.270 e. The zero-order valence-corrected chi connectivity index (χ0v) is 12.9. The normalized spacial score (nSPS) is 20.9. The van der Waals surface area contributed by atoms with Gasteiger partial charge in [-0.3, -0.25) is 4.79 Å². The molecule has 0 saturated carbocycles. The standard InChI is InChI=1S/C16H17ClN2O3/c17-12-2-1-11-9-14(18-13(11)10-12)15(20)19-5-3-16(4-6-19)21-7-8-22-16/h1-2,9-10,18H,3-8H2. The summed E-state index contributed by atoms with van der Waals surface area (Å²) in [6.07, 6.45) is 1.45. The van der Waals surface area contributed by atoms with Crippen LogP contribution in [0, 0.1) is 0 Å². The number of carbonyl (C=O) groups is 1. The van der Waals surface area contributed by atoms with Crippen LogP contribution in [0.5, 0.6) is 0 Å². The van der Waals surface area contributed by atoms with Gasteiger partial charge in [-0.25, -0.2) is 0 Å². The fourth-order valence-electron chi connectivity index (χ4n) is 3.22. The molecular formula is C16H17ClN2O3. The Morgan fingerprint density at radius 3 is 2.64 bits per heavy atom. The first-order chi connectivity index (χ1) is 10.7. The van der Waals surface area contributed by atoms with Gasteiger partial charge >= 0.3 is 0 Å². The van der Waals surface area contributed by atoms with E-state index in [1.165, 1.54) is 0 Å². The van der Waals surface area contributed by atoms with Gasteiger partial charge in [0.05, 0.1) is 13.2 Å². The van der Waals surface area contributed by atoms with Gasteiger partial charge in [0.2, 0.25) is 0 Å². The molecule has 1 N–H and O–H groups in total. The fourth-order valence-corrected chi connectivity index (χ4v) is 3.39. The Bertz CT molecular complexity index is 711. The molecule has 2 aliphatic rings. The molecule has 2 aromatic rings. The second kappa shape index (κ2) is 5.26. The van der Waals surface area contributed by atoms with Gasteiger partial charge in [-0.2, -0.15) is 0 Å². The molecule has 2 saturated heterocycles. The Kier molecular flexibility index (Phi) is 3.36. The Labute approximate surface area is 133 Å². The number of H-pyrrole nitrogens is 1. The molecule has 116 valence electrons. The number of hydrogen-bond donors (Lipinski definition) is 1. The van der Waals surface area contributed by atoms with E-state index in [9.17, 15) is 4.79 Å². The highest BCUT2D eigenvalue weighted by atomic mass is 35.5. The maximum absolute atomic E-state index is 12.6. The summed E-state index contributed by atoms with van der Waals surface area (Å²) in [5.74, 6) is -0.440. The third kappa shape index (κ3) is 2.39. The second-order valence-electron chi connectivity index (χ2n) is 5.81. The lowest BCUT2D eigenvalue weighted by Gasteiger charge is -2.37. The molecule has 1 spiro atoms. The van der Waals surface area contributed by atoms with Crippen molar-refractivity contribution in [1.29, 1.82) is 0 Å². The maximum Gasteiger partial charge on any atom is 0.270 e. The average Bonchev–Trinajstić information content (AvgIpc) is 3.14. The predicted molar refractivity (Wildman–Crippen MR) is 83.1 cm³/mol. The first kappa shape index (κ1) is 14.1. The number of benzene rings is 1. The fraction of sp³-hybridized carbons (Fsp3) is 0.438. The van der Waals surface area contributed by atoms with Gasteiger partial charge in [0.15, 0.2) is 5.79 Å². The highest BCUT2D eigenvalue weighted by molar-refractivity contribution is 6.31. The van der Waals surface area contributed by atoms with Crippen LogP contribution in [0.4, 0.5) is 0 Å². The molecule has 2 aliphatic heterocycles. The van der Waals surface area contributed by atoms with Gasteiger partial charge in [0.1, 0.15) is 5.69 Å². The number of rotatable bonds is 1. The Balaban J connectivity index is 1.51. The van der Waals surface area contributed by atoms with Crippen molar-refractivity contribution >= 4 is 28.4 Å². The third-order valence-corrected chi connectivity index (χ3v) is 4.68. The van der Waals surface area contributed by atoms with Gasteiger partial charge in [-0.15, -0.1) is 0 Å². The number of halogens is 1. The van der Waals surface area contributed by atoms with Crippen molar-refractivity contribution in [1.82, 2.24) is 9.88 Å². The van der Waals surface area contributed by atoms with Crippen molar-refractivity contribution in [2.75, 3.05) is 26.3 Å². The SMILES string of the molecule is O=C(c1cc2ccc(Cl)cc2[nH]1)N1CCC2(CC1)OCCO2. The molecule has 0 bridgehead atoms. The minimum atomic E-state index is -0.454. The van der Waals surface area contributed by atoms with Gasteiger partial charge in [0.25, 0.3) is 5.91 Å². The van der Waals surface area contributed by atoms with Gasteiger partial charge in [-0.05, 0) is 18.2 Å². The van der Waals surface area contributed by atoms with Crippen LogP contribution in [0.25, 0.3) is 10.9 Å². The van der Waals surface area contributed by atoms with E-state index in [1.54, 1.807) is 0 Å². The van der Waals surface area contributed by atoms with Crippen molar-refractivity contribution in [2.24, 2.45) is 0 Å². The third-order valence-electron chi connectivity index (χ3n) is 4.44. The average molecular weight is 321 g/mol. The molecule has 6 heteroatoms. The van der Waals surface area contributed by atoms with Crippen LogP contribution in [0.15, 0.2) is 24.3 Å². The molecule has 0 aliphatic carbocycles. The number of nitrogens with zero attached hydrogens (tertiary/aromatic N) is 1. The lowest BCUT2D eigenvalue weighted by Crippen LogP contribution is -2.47. The summed E-state index contributed by atoms with van der Waals surface area (Å²) >= 11 is 5.98. The summed E-state index contributed by atoms with van der Waals surface area (Å²) in [7, 11) is 0. The summed E-state index contributed by atoms with van der Waals surface area (Å²) in [6, 6.07) is 7.45. The Morgan fingerprint density at radius 1 is 1.18 bits per heavy atom. The summed E-state index contributed by atoms with van der Waals surface area (Å²) in [5.41, 5.74) is 1.48. The number of ether oxygens (including phenoxy) is 2. The van der Waals surface area contributed by atoms with Gasteiger partial charge in [-0.1, -0.05) is 17.7 Å². The summed E-state index contributed by atoms with van der Waals surface area (Å²) < 4.78 is 11.4. The lowest BCUT2D eigenvalue weighted by molar-refractivity contribution is -0.181. The molecule has 1 amide bonds. The van der Waals surface area contributed by atoms with Gasteiger partial charge in [0, 0.05) is 41.9 Å². The zero-order valence-electron chi connectivity index (χ0n) is 12.1. The first-order valence-corrected chi connectivity index (χ1v) is 7.89. The van der Waals surface area contributed by atoms with E-state index in [0.29, 0.717) is 37.0 Å². The van der Waals surface area contributed by atoms with Crippen molar-refractivity contribution in [3.05, 3.63) is 35.0 Å². The van der Waals surface area contributed by atoms with Crippen LogP contribution < -0.4 is 0 Å². The molecule has 0 unspecified atom stereocenters. The number of aromatic amines is 1. The number of amides is 1.